The Labute approximate surface area is 130 Å². The average molecular weight is 362 g/mol. The molecule has 2 nitrogen and oxygen atoms in total. The lowest BCUT2D eigenvalue weighted by atomic mass is 10.1. The van der Waals surface area contributed by atoms with Crippen LogP contribution in [0.1, 0.15) is 22.7 Å². The Morgan fingerprint density at radius 1 is 1.32 bits per heavy atom. The summed E-state index contributed by atoms with van der Waals surface area (Å²) < 4.78 is 12.0. The number of rotatable bonds is 5. The Morgan fingerprint density at radius 3 is 2.79 bits per heavy atom. The first-order valence-electron chi connectivity index (χ1n) is 5.85. The first-order chi connectivity index (χ1) is 9.17. The smallest absolute Gasteiger partial charge is 0.134 e. The molecule has 19 heavy (non-hydrogen) atoms. The second-order valence-corrected chi connectivity index (χ2v) is 6.13. The molecule has 0 aliphatic heterocycles. The summed E-state index contributed by atoms with van der Waals surface area (Å²) in [5.74, 6) is 1.62. The molecule has 5 heteroatoms. The van der Waals surface area contributed by atoms with Gasteiger partial charge in [0, 0.05) is 10.0 Å². The summed E-state index contributed by atoms with van der Waals surface area (Å²) in [6, 6.07) is 7.79. The maximum absolute atomic E-state index is 6.60. The van der Waals surface area contributed by atoms with E-state index < -0.39 is 0 Å². The van der Waals surface area contributed by atoms with E-state index in [2.05, 4.69) is 15.9 Å². The molecule has 0 N–H and O–H groups in total. The van der Waals surface area contributed by atoms with Crippen LogP contribution in [0.2, 0.25) is 0 Å². The quantitative estimate of drug-likeness (QED) is 0.677. The van der Waals surface area contributed by atoms with Crippen molar-refractivity contribution in [1.29, 1.82) is 0 Å². The zero-order valence-corrected chi connectivity index (χ0v) is 13.8. The fourth-order valence-corrected chi connectivity index (χ4v) is 3.47. The molecule has 102 valence electrons. The zero-order valence-electron chi connectivity index (χ0n) is 10.7. The van der Waals surface area contributed by atoms with Crippen molar-refractivity contribution in [3.05, 3.63) is 44.6 Å². The third-order valence-corrected chi connectivity index (χ3v) is 4.69. The van der Waals surface area contributed by atoms with Gasteiger partial charge in [-0.15, -0.1) is 22.9 Å². The highest BCUT2D eigenvalue weighted by Crippen LogP contribution is 2.43. The number of hydrogen-bond donors (Lipinski definition) is 0. The van der Waals surface area contributed by atoms with Gasteiger partial charge in [-0.25, -0.2) is 0 Å². The van der Waals surface area contributed by atoms with Crippen molar-refractivity contribution >= 4 is 38.9 Å². The van der Waals surface area contributed by atoms with Crippen LogP contribution < -0.4 is 9.47 Å². The first kappa shape index (κ1) is 14.7. The predicted molar refractivity (Wildman–Crippen MR) is 83.9 cm³/mol. The summed E-state index contributed by atoms with van der Waals surface area (Å²) in [7, 11) is 1.65. The fourth-order valence-electron chi connectivity index (χ4n) is 1.81. The third kappa shape index (κ3) is 3.25. The zero-order chi connectivity index (χ0) is 13.8. The van der Waals surface area contributed by atoms with Crippen LogP contribution in [-0.2, 0) is 0 Å². The van der Waals surface area contributed by atoms with Crippen molar-refractivity contribution in [3.8, 4) is 11.5 Å². The Morgan fingerprint density at radius 2 is 2.11 bits per heavy atom. The van der Waals surface area contributed by atoms with Crippen LogP contribution in [0, 0.1) is 0 Å². The van der Waals surface area contributed by atoms with Crippen molar-refractivity contribution in [2.24, 2.45) is 0 Å². The van der Waals surface area contributed by atoms with Crippen molar-refractivity contribution in [2.45, 2.75) is 12.3 Å². The predicted octanol–water partition coefficient (Wildman–Crippen LogP) is 5.25. The van der Waals surface area contributed by atoms with Crippen LogP contribution in [0.4, 0.5) is 0 Å². The molecule has 0 aliphatic rings. The average Bonchev–Trinajstić information content (AvgIpc) is 2.88. The first-order valence-corrected chi connectivity index (χ1v) is 7.96. The molecule has 1 aromatic carbocycles. The highest BCUT2D eigenvalue weighted by atomic mass is 79.9. The topological polar surface area (TPSA) is 18.5 Å². The Kier molecular flexibility index (Phi) is 5.13. The van der Waals surface area contributed by atoms with Crippen LogP contribution in [0.15, 0.2) is 34.1 Å². The molecule has 1 heterocycles. The Hall–Kier alpha value is -0.710. The van der Waals surface area contributed by atoms with Crippen LogP contribution in [0.3, 0.4) is 0 Å². The highest BCUT2D eigenvalue weighted by molar-refractivity contribution is 9.10. The van der Waals surface area contributed by atoms with Crippen LogP contribution in [0.5, 0.6) is 11.5 Å². The summed E-state index contributed by atoms with van der Waals surface area (Å²) >= 11 is 11.7. The molecule has 1 aromatic heterocycles. The molecule has 0 amide bonds. The van der Waals surface area contributed by atoms with Gasteiger partial charge in [0.1, 0.15) is 16.9 Å². The summed E-state index contributed by atoms with van der Waals surface area (Å²) in [4.78, 5) is 0.989. The van der Waals surface area contributed by atoms with E-state index >= 15 is 0 Å². The van der Waals surface area contributed by atoms with Gasteiger partial charge < -0.3 is 9.47 Å². The van der Waals surface area contributed by atoms with E-state index in [-0.39, 0.29) is 5.38 Å². The number of thiophene rings is 1. The van der Waals surface area contributed by atoms with Crippen molar-refractivity contribution in [2.75, 3.05) is 13.7 Å². The second kappa shape index (κ2) is 6.64. The van der Waals surface area contributed by atoms with Gasteiger partial charge in [-0.3, -0.25) is 0 Å². The maximum Gasteiger partial charge on any atom is 0.134 e. The van der Waals surface area contributed by atoms with Gasteiger partial charge in [0.05, 0.1) is 18.6 Å². The lowest BCUT2D eigenvalue weighted by Gasteiger charge is -2.15. The number of methoxy groups -OCH3 is 1. The molecule has 0 bridgehead atoms. The maximum atomic E-state index is 6.60. The van der Waals surface area contributed by atoms with E-state index in [0.29, 0.717) is 6.61 Å². The van der Waals surface area contributed by atoms with E-state index in [1.165, 1.54) is 0 Å². The van der Waals surface area contributed by atoms with E-state index in [0.717, 1.165) is 26.4 Å². The fraction of sp³-hybridized carbons (Fsp3) is 0.286. The van der Waals surface area contributed by atoms with Crippen molar-refractivity contribution < 1.29 is 9.47 Å². The van der Waals surface area contributed by atoms with Gasteiger partial charge in [0.15, 0.2) is 0 Å². The molecule has 0 aliphatic carbocycles. The Balaban J connectivity index is 2.42. The van der Waals surface area contributed by atoms with Gasteiger partial charge in [-0.05, 0) is 36.6 Å². The standard InChI is InChI=1S/C14H14BrClO2S/c1-3-18-11-5-4-9(15)8-10(11)13(16)14-12(17-2)6-7-19-14/h4-8,13H,3H2,1-2H3. The SMILES string of the molecule is CCOc1ccc(Br)cc1C(Cl)c1sccc1OC. The van der Waals surface area contributed by atoms with Crippen molar-refractivity contribution in [1.82, 2.24) is 0 Å². The summed E-state index contributed by atoms with van der Waals surface area (Å²) in [6.07, 6.45) is 0. The number of ether oxygens (including phenoxy) is 2. The number of hydrogen-bond acceptors (Lipinski definition) is 3. The number of benzene rings is 1. The van der Waals surface area contributed by atoms with Gasteiger partial charge in [-0.2, -0.15) is 0 Å². The van der Waals surface area contributed by atoms with E-state index in [1.807, 2.05) is 36.6 Å². The summed E-state index contributed by atoms with van der Waals surface area (Å²) in [5, 5.41) is 1.69. The largest absolute Gasteiger partial charge is 0.496 e. The van der Waals surface area contributed by atoms with Gasteiger partial charge >= 0.3 is 0 Å². The molecule has 0 radical (unpaired) electrons. The molecular formula is C14H14BrClO2S. The minimum absolute atomic E-state index is 0.283. The summed E-state index contributed by atoms with van der Waals surface area (Å²) in [5.41, 5.74) is 0.943. The lowest BCUT2D eigenvalue weighted by Crippen LogP contribution is -2.00. The minimum Gasteiger partial charge on any atom is -0.496 e. The number of halogens is 2. The normalized spacial score (nSPS) is 12.2. The molecule has 1 unspecified atom stereocenters. The van der Waals surface area contributed by atoms with Gasteiger partial charge in [0.25, 0.3) is 0 Å². The van der Waals surface area contributed by atoms with E-state index in [9.17, 15) is 0 Å². The van der Waals surface area contributed by atoms with Gasteiger partial charge in [0.2, 0.25) is 0 Å². The Bertz CT molecular complexity index is 556. The van der Waals surface area contributed by atoms with E-state index in [4.69, 9.17) is 21.1 Å². The minimum atomic E-state index is -0.283. The van der Waals surface area contributed by atoms with E-state index in [1.54, 1.807) is 18.4 Å². The molecule has 0 saturated heterocycles. The molecule has 0 saturated carbocycles. The molecule has 0 fully saturated rings. The van der Waals surface area contributed by atoms with Crippen LogP contribution in [-0.4, -0.2) is 13.7 Å². The van der Waals surface area contributed by atoms with Crippen LogP contribution >= 0.6 is 38.9 Å². The number of alkyl halides is 1. The molecule has 0 spiro atoms. The second-order valence-electron chi connectivity index (χ2n) is 3.83. The lowest BCUT2D eigenvalue weighted by molar-refractivity contribution is 0.336. The summed E-state index contributed by atoms with van der Waals surface area (Å²) in [6.45, 7) is 2.57. The monoisotopic (exact) mass is 360 g/mol. The highest BCUT2D eigenvalue weighted by Gasteiger charge is 2.21. The molecule has 2 rings (SSSR count). The third-order valence-electron chi connectivity index (χ3n) is 2.65. The molecular weight excluding hydrogens is 348 g/mol. The molecule has 2 aromatic rings. The van der Waals surface area contributed by atoms with Gasteiger partial charge in [-0.1, -0.05) is 15.9 Å². The van der Waals surface area contributed by atoms with Crippen molar-refractivity contribution in [3.63, 3.8) is 0 Å². The van der Waals surface area contributed by atoms with Crippen LogP contribution in [0.25, 0.3) is 0 Å². The molecule has 1 atom stereocenters.